The van der Waals surface area contributed by atoms with E-state index in [2.05, 4.69) is 10.6 Å². The lowest BCUT2D eigenvalue weighted by atomic mass is 10.1. The fourth-order valence-electron chi connectivity index (χ4n) is 1.81. The molecule has 0 saturated heterocycles. The van der Waals surface area contributed by atoms with Gasteiger partial charge >= 0.3 is 0 Å². The minimum Gasteiger partial charge on any atom is -0.459 e. The number of hydrogen-bond acceptors (Lipinski definition) is 4. The lowest BCUT2D eigenvalue weighted by Gasteiger charge is -2.13. The first-order chi connectivity index (χ1) is 10.5. The monoisotopic (exact) mass is 300 g/mol. The van der Waals surface area contributed by atoms with Gasteiger partial charge in [-0.3, -0.25) is 14.4 Å². The first kappa shape index (κ1) is 15.5. The van der Waals surface area contributed by atoms with Gasteiger partial charge in [-0.2, -0.15) is 0 Å². The molecule has 2 aromatic rings. The second kappa shape index (κ2) is 6.71. The van der Waals surface area contributed by atoms with Gasteiger partial charge in [-0.05, 0) is 38.1 Å². The topological polar surface area (TPSA) is 88.4 Å². The van der Waals surface area contributed by atoms with Crippen molar-refractivity contribution in [3.8, 4) is 0 Å². The van der Waals surface area contributed by atoms with Crippen molar-refractivity contribution in [1.82, 2.24) is 5.32 Å². The van der Waals surface area contributed by atoms with Crippen molar-refractivity contribution in [2.24, 2.45) is 0 Å². The van der Waals surface area contributed by atoms with Gasteiger partial charge in [0.25, 0.3) is 5.91 Å². The van der Waals surface area contributed by atoms with Gasteiger partial charge in [0.05, 0.1) is 6.26 Å². The summed E-state index contributed by atoms with van der Waals surface area (Å²) < 4.78 is 4.96. The predicted molar refractivity (Wildman–Crippen MR) is 80.7 cm³/mol. The number of benzene rings is 1. The van der Waals surface area contributed by atoms with E-state index in [0.717, 1.165) is 0 Å². The van der Waals surface area contributed by atoms with Crippen LogP contribution in [-0.4, -0.2) is 23.6 Å². The van der Waals surface area contributed by atoms with Gasteiger partial charge in [0.1, 0.15) is 6.04 Å². The minimum atomic E-state index is -0.751. The molecule has 0 unspecified atom stereocenters. The molecule has 0 aliphatic carbocycles. The number of Topliss-reactive ketones (excluding diaryl/α,β-unsaturated/α-hetero) is 1. The number of carbonyl (C=O) groups is 3. The van der Waals surface area contributed by atoms with Crippen LogP contribution in [0.15, 0.2) is 47.1 Å². The highest BCUT2D eigenvalue weighted by Gasteiger charge is 2.18. The average Bonchev–Trinajstić information content (AvgIpc) is 3.01. The molecular weight excluding hydrogens is 284 g/mol. The summed E-state index contributed by atoms with van der Waals surface area (Å²) in [6.07, 6.45) is 1.38. The maximum atomic E-state index is 12.1. The molecule has 114 valence electrons. The molecule has 2 rings (SSSR count). The number of anilines is 1. The van der Waals surface area contributed by atoms with Crippen LogP contribution in [0.2, 0.25) is 0 Å². The molecule has 1 aromatic heterocycles. The van der Waals surface area contributed by atoms with Crippen molar-refractivity contribution in [2.45, 2.75) is 19.9 Å². The highest BCUT2D eigenvalue weighted by atomic mass is 16.3. The predicted octanol–water partition coefficient (Wildman–Crippen LogP) is 2.24. The summed E-state index contributed by atoms with van der Waals surface area (Å²) in [6, 6.07) is 8.95. The van der Waals surface area contributed by atoms with Crippen LogP contribution >= 0.6 is 0 Å². The first-order valence-electron chi connectivity index (χ1n) is 6.73. The van der Waals surface area contributed by atoms with Crippen molar-refractivity contribution in [3.05, 3.63) is 54.0 Å². The molecule has 1 heterocycles. The Kier molecular flexibility index (Phi) is 4.73. The number of amides is 2. The van der Waals surface area contributed by atoms with Crippen LogP contribution in [0, 0.1) is 0 Å². The number of nitrogens with one attached hydrogen (secondary N) is 2. The number of ketones is 1. The third kappa shape index (κ3) is 3.82. The quantitative estimate of drug-likeness (QED) is 0.829. The highest BCUT2D eigenvalue weighted by molar-refractivity contribution is 6.01. The molecule has 0 spiro atoms. The molecule has 0 bridgehead atoms. The largest absolute Gasteiger partial charge is 0.459 e. The summed E-state index contributed by atoms with van der Waals surface area (Å²) in [5.74, 6) is -0.806. The number of furan rings is 1. The zero-order chi connectivity index (χ0) is 16.1. The zero-order valence-corrected chi connectivity index (χ0v) is 12.3. The molecule has 2 amide bonds. The van der Waals surface area contributed by atoms with Gasteiger partial charge in [0.2, 0.25) is 5.91 Å². The molecule has 1 atom stereocenters. The van der Waals surface area contributed by atoms with Gasteiger partial charge in [0, 0.05) is 11.3 Å². The van der Waals surface area contributed by atoms with Crippen LogP contribution in [0.1, 0.15) is 34.8 Å². The van der Waals surface area contributed by atoms with Crippen molar-refractivity contribution < 1.29 is 18.8 Å². The molecule has 2 N–H and O–H groups in total. The molecule has 0 fully saturated rings. The normalized spacial score (nSPS) is 11.5. The van der Waals surface area contributed by atoms with Crippen LogP contribution in [-0.2, 0) is 4.79 Å². The fourth-order valence-corrected chi connectivity index (χ4v) is 1.81. The van der Waals surface area contributed by atoms with Crippen molar-refractivity contribution in [2.75, 3.05) is 5.32 Å². The van der Waals surface area contributed by atoms with Crippen LogP contribution in [0.3, 0.4) is 0 Å². The number of hydrogen-bond donors (Lipinski definition) is 2. The molecule has 1 aromatic carbocycles. The highest BCUT2D eigenvalue weighted by Crippen LogP contribution is 2.11. The van der Waals surface area contributed by atoms with E-state index in [0.29, 0.717) is 11.3 Å². The second-order valence-electron chi connectivity index (χ2n) is 4.80. The molecule has 0 saturated carbocycles. The minimum absolute atomic E-state index is 0.0877. The Morgan fingerprint density at radius 1 is 1.14 bits per heavy atom. The molecule has 6 heteroatoms. The number of carbonyl (C=O) groups excluding carboxylic acids is 3. The maximum Gasteiger partial charge on any atom is 0.287 e. The van der Waals surface area contributed by atoms with E-state index in [1.807, 2.05) is 0 Å². The molecule has 6 nitrogen and oxygen atoms in total. The fraction of sp³-hybridized carbons (Fsp3) is 0.188. The first-order valence-corrected chi connectivity index (χ1v) is 6.73. The van der Waals surface area contributed by atoms with Gasteiger partial charge in [-0.25, -0.2) is 0 Å². The maximum absolute atomic E-state index is 12.1. The molecule has 22 heavy (non-hydrogen) atoms. The SMILES string of the molecule is CC(=O)c1cccc(NC(=O)[C@H](C)NC(=O)c2ccco2)c1. The van der Waals surface area contributed by atoms with E-state index in [1.165, 1.54) is 19.3 Å². The van der Waals surface area contributed by atoms with E-state index in [4.69, 9.17) is 4.42 Å². The summed E-state index contributed by atoms with van der Waals surface area (Å²) in [5.41, 5.74) is 1.00. The van der Waals surface area contributed by atoms with Crippen LogP contribution in [0.5, 0.6) is 0 Å². The Hall–Kier alpha value is -2.89. The van der Waals surface area contributed by atoms with E-state index in [-0.39, 0.29) is 17.5 Å². The van der Waals surface area contributed by atoms with E-state index in [9.17, 15) is 14.4 Å². The third-order valence-electron chi connectivity index (χ3n) is 3.02. The van der Waals surface area contributed by atoms with Gasteiger partial charge in [-0.1, -0.05) is 12.1 Å². The third-order valence-corrected chi connectivity index (χ3v) is 3.02. The zero-order valence-electron chi connectivity index (χ0n) is 12.3. The van der Waals surface area contributed by atoms with E-state index in [1.54, 1.807) is 37.3 Å². The van der Waals surface area contributed by atoms with Gasteiger partial charge in [0.15, 0.2) is 11.5 Å². The molecular formula is C16H16N2O4. The van der Waals surface area contributed by atoms with Crippen LogP contribution in [0.4, 0.5) is 5.69 Å². The lowest BCUT2D eigenvalue weighted by molar-refractivity contribution is -0.117. The smallest absolute Gasteiger partial charge is 0.287 e. The standard InChI is InChI=1S/C16H16N2O4/c1-10(17-16(21)14-7-4-8-22-14)15(20)18-13-6-3-5-12(9-13)11(2)19/h3-10H,1-2H3,(H,17,21)(H,18,20)/t10-/m0/s1. The van der Waals surface area contributed by atoms with Gasteiger partial charge in [-0.15, -0.1) is 0 Å². The Bertz CT molecular complexity index is 692. The molecule has 0 aliphatic heterocycles. The van der Waals surface area contributed by atoms with E-state index >= 15 is 0 Å². The van der Waals surface area contributed by atoms with Gasteiger partial charge < -0.3 is 15.1 Å². The Balaban J connectivity index is 1.98. The van der Waals surface area contributed by atoms with Crippen molar-refractivity contribution >= 4 is 23.3 Å². The second-order valence-corrected chi connectivity index (χ2v) is 4.80. The van der Waals surface area contributed by atoms with Crippen molar-refractivity contribution in [1.29, 1.82) is 0 Å². The summed E-state index contributed by atoms with van der Waals surface area (Å²) in [6.45, 7) is 3.01. The van der Waals surface area contributed by atoms with Crippen LogP contribution < -0.4 is 10.6 Å². The Morgan fingerprint density at radius 2 is 1.91 bits per heavy atom. The summed E-state index contributed by atoms with van der Waals surface area (Å²) in [5, 5.41) is 5.18. The molecule has 0 aliphatic rings. The molecule has 0 radical (unpaired) electrons. The number of rotatable bonds is 5. The average molecular weight is 300 g/mol. The lowest BCUT2D eigenvalue weighted by Crippen LogP contribution is -2.41. The Morgan fingerprint density at radius 3 is 2.55 bits per heavy atom. The van der Waals surface area contributed by atoms with Crippen LogP contribution in [0.25, 0.3) is 0 Å². The van der Waals surface area contributed by atoms with Crippen molar-refractivity contribution in [3.63, 3.8) is 0 Å². The summed E-state index contributed by atoms with van der Waals surface area (Å²) >= 11 is 0. The van der Waals surface area contributed by atoms with E-state index < -0.39 is 11.9 Å². The summed E-state index contributed by atoms with van der Waals surface area (Å²) in [7, 11) is 0. The Labute approximate surface area is 127 Å². The summed E-state index contributed by atoms with van der Waals surface area (Å²) in [4.78, 5) is 35.2.